The molecular weight excluding hydrogens is 348 g/mol. The van der Waals surface area contributed by atoms with E-state index in [1.807, 2.05) is 31.2 Å². The number of carbonyl (C=O) groups excluding carboxylic acids is 1. The third-order valence-corrected chi connectivity index (χ3v) is 5.74. The first-order chi connectivity index (χ1) is 12.5. The summed E-state index contributed by atoms with van der Waals surface area (Å²) in [6, 6.07) is 7.72. The van der Waals surface area contributed by atoms with E-state index in [1.54, 1.807) is 5.38 Å². The van der Waals surface area contributed by atoms with Gasteiger partial charge in [-0.25, -0.2) is 0 Å². The van der Waals surface area contributed by atoms with Gasteiger partial charge in [-0.15, -0.1) is 0 Å². The lowest BCUT2D eigenvalue weighted by atomic mass is 9.89. The lowest BCUT2D eigenvalue weighted by molar-refractivity contribution is -0.116. The molecule has 0 bridgehead atoms. The number of hydrogen-bond acceptors (Lipinski definition) is 4. The summed E-state index contributed by atoms with van der Waals surface area (Å²) in [5.41, 5.74) is 2.58. The Bertz CT molecular complexity index is 811. The van der Waals surface area contributed by atoms with Crippen molar-refractivity contribution in [1.82, 2.24) is 4.57 Å². The van der Waals surface area contributed by atoms with E-state index < -0.39 is 0 Å². The normalized spacial score (nSPS) is 20.1. The molecule has 0 aliphatic heterocycles. The zero-order chi connectivity index (χ0) is 18.5. The summed E-state index contributed by atoms with van der Waals surface area (Å²) in [6.07, 6.45) is 5.14. The van der Waals surface area contributed by atoms with Gasteiger partial charge in [0, 0.05) is 16.8 Å². The van der Waals surface area contributed by atoms with E-state index in [9.17, 15) is 9.59 Å². The number of hydrogen-bond donors (Lipinski definition) is 1. The lowest BCUT2D eigenvalue weighted by Crippen LogP contribution is -2.25. The van der Waals surface area contributed by atoms with E-state index >= 15 is 0 Å². The molecule has 2 aromatic rings. The number of ether oxygens (including phenoxy) is 1. The molecule has 0 radical (unpaired) electrons. The molecule has 0 spiro atoms. The lowest BCUT2D eigenvalue weighted by Gasteiger charge is -2.26. The highest BCUT2D eigenvalue weighted by Gasteiger charge is 2.19. The fraction of sp³-hybridized carbons (Fsp3) is 0.500. The van der Waals surface area contributed by atoms with Gasteiger partial charge in [-0.1, -0.05) is 43.2 Å². The second kappa shape index (κ2) is 8.64. The molecule has 2 atom stereocenters. The number of rotatable bonds is 6. The van der Waals surface area contributed by atoms with Crippen LogP contribution >= 0.6 is 11.3 Å². The molecule has 1 aromatic carbocycles. The third kappa shape index (κ3) is 5.05. The quantitative estimate of drug-likeness (QED) is 0.833. The summed E-state index contributed by atoms with van der Waals surface area (Å²) in [6.45, 7) is 4.71. The minimum Gasteiger partial charge on any atom is -0.374 e. The van der Waals surface area contributed by atoms with Crippen LogP contribution in [0.2, 0.25) is 0 Å². The molecule has 1 fully saturated rings. The first-order valence-electron chi connectivity index (χ1n) is 9.16. The minimum absolute atomic E-state index is 0.0366. The van der Waals surface area contributed by atoms with E-state index in [0.29, 0.717) is 12.7 Å². The van der Waals surface area contributed by atoms with Gasteiger partial charge in [0.25, 0.3) is 0 Å². The first-order valence-corrected chi connectivity index (χ1v) is 10.0. The number of amides is 1. The highest BCUT2D eigenvalue weighted by atomic mass is 32.1. The molecule has 140 valence electrons. The van der Waals surface area contributed by atoms with Gasteiger partial charge in [-0.2, -0.15) is 0 Å². The number of nitrogens with zero attached hydrogens (tertiary/aromatic N) is 1. The molecule has 1 aliphatic rings. The third-order valence-electron chi connectivity index (χ3n) is 4.86. The Hall–Kier alpha value is -1.92. The van der Waals surface area contributed by atoms with Gasteiger partial charge < -0.3 is 10.1 Å². The van der Waals surface area contributed by atoms with Crippen molar-refractivity contribution in [2.75, 3.05) is 5.32 Å². The van der Waals surface area contributed by atoms with Gasteiger partial charge in [0.15, 0.2) is 0 Å². The maximum absolute atomic E-state index is 12.2. The largest absolute Gasteiger partial charge is 0.374 e. The Morgan fingerprint density at radius 3 is 2.96 bits per heavy atom. The van der Waals surface area contributed by atoms with Crippen LogP contribution in [0.15, 0.2) is 34.4 Å². The van der Waals surface area contributed by atoms with Gasteiger partial charge in [0.05, 0.1) is 12.7 Å². The molecule has 5 nitrogen and oxygen atoms in total. The van der Waals surface area contributed by atoms with Gasteiger partial charge in [0.2, 0.25) is 5.91 Å². The second-order valence-corrected chi connectivity index (χ2v) is 8.00. The predicted molar refractivity (Wildman–Crippen MR) is 105 cm³/mol. The van der Waals surface area contributed by atoms with Crippen molar-refractivity contribution < 1.29 is 9.53 Å². The van der Waals surface area contributed by atoms with Crippen molar-refractivity contribution in [3.63, 3.8) is 0 Å². The Kier molecular flexibility index (Phi) is 6.27. The summed E-state index contributed by atoms with van der Waals surface area (Å²) < 4.78 is 7.54. The summed E-state index contributed by atoms with van der Waals surface area (Å²) in [4.78, 5) is 23.9. The molecule has 1 saturated carbocycles. The fourth-order valence-electron chi connectivity index (χ4n) is 3.42. The topological polar surface area (TPSA) is 60.3 Å². The Balaban J connectivity index is 1.55. The summed E-state index contributed by atoms with van der Waals surface area (Å²) in [7, 11) is 0. The zero-order valence-electron chi connectivity index (χ0n) is 15.4. The van der Waals surface area contributed by atoms with Crippen molar-refractivity contribution >= 4 is 22.9 Å². The van der Waals surface area contributed by atoms with Crippen LogP contribution in [-0.2, 0) is 22.7 Å². The van der Waals surface area contributed by atoms with Gasteiger partial charge >= 0.3 is 4.87 Å². The highest BCUT2D eigenvalue weighted by molar-refractivity contribution is 7.07. The molecular formula is C20H26N2O3S. The van der Waals surface area contributed by atoms with E-state index in [4.69, 9.17) is 4.74 Å². The number of carbonyl (C=O) groups is 1. The van der Waals surface area contributed by atoms with E-state index in [-0.39, 0.29) is 17.3 Å². The van der Waals surface area contributed by atoms with Crippen LogP contribution in [0.25, 0.3) is 0 Å². The Labute approximate surface area is 158 Å². The molecule has 0 saturated heterocycles. The number of thiazole rings is 1. The molecule has 2 unspecified atom stereocenters. The van der Waals surface area contributed by atoms with Crippen molar-refractivity contribution in [1.29, 1.82) is 0 Å². The monoisotopic (exact) mass is 374 g/mol. The number of aromatic nitrogens is 1. The first kappa shape index (κ1) is 18.9. The van der Waals surface area contributed by atoms with E-state index in [1.165, 1.54) is 17.4 Å². The van der Waals surface area contributed by atoms with Crippen LogP contribution in [0.5, 0.6) is 0 Å². The van der Waals surface area contributed by atoms with Gasteiger partial charge in [0.1, 0.15) is 6.54 Å². The van der Waals surface area contributed by atoms with Gasteiger partial charge in [-0.05, 0) is 43.4 Å². The van der Waals surface area contributed by atoms with Crippen LogP contribution in [0.3, 0.4) is 0 Å². The maximum Gasteiger partial charge on any atom is 0.307 e. The van der Waals surface area contributed by atoms with Gasteiger partial charge in [-0.3, -0.25) is 14.2 Å². The molecule has 1 N–H and O–H groups in total. The second-order valence-electron chi connectivity index (χ2n) is 7.18. The van der Waals surface area contributed by atoms with Crippen LogP contribution in [0.4, 0.5) is 5.69 Å². The molecule has 1 aliphatic carbocycles. The van der Waals surface area contributed by atoms with Crippen molar-refractivity contribution in [2.45, 2.75) is 58.8 Å². The molecule has 6 heteroatoms. The van der Waals surface area contributed by atoms with Crippen LogP contribution in [0.1, 0.15) is 43.9 Å². The molecule has 1 aromatic heterocycles. The summed E-state index contributed by atoms with van der Waals surface area (Å²) in [5.74, 6) is 0.538. The van der Waals surface area contributed by atoms with Crippen molar-refractivity contribution in [3.05, 3.63) is 50.6 Å². The van der Waals surface area contributed by atoms with Crippen LogP contribution < -0.4 is 10.2 Å². The number of nitrogens with one attached hydrogen (secondary N) is 1. The fourth-order valence-corrected chi connectivity index (χ4v) is 4.16. The van der Waals surface area contributed by atoms with Crippen LogP contribution in [0, 0.1) is 12.8 Å². The molecule has 1 heterocycles. The van der Waals surface area contributed by atoms with Crippen molar-refractivity contribution in [3.8, 4) is 0 Å². The smallest absolute Gasteiger partial charge is 0.307 e. The SMILES string of the molecule is Cc1csc(=O)n1CC(=O)Nc1cccc(COC2CCCC(C)C2)c1. The van der Waals surface area contributed by atoms with E-state index in [2.05, 4.69) is 12.2 Å². The summed E-state index contributed by atoms with van der Waals surface area (Å²) in [5, 5.41) is 4.63. The highest BCUT2D eigenvalue weighted by Crippen LogP contribution is 2.26. The Morgan fingerprint density at radius 1 is 1.38 bits per heavy atom. The standard InChI is InChI=1S/C20H26N2O3S/c1-14-5-3-8-18(9-14)25-12-16-6-4-7-17(10-16)21-19(23)11-22-15(2)13-26-20(22)24/h4,6-7,10,13-14,18H,3,5,8-9,11-12H2,1-2H3,(H,21,23). The van der Waals surface area contributed by atoms with Crippen molar-refractivity contribution in [2.24, 2.45) is 5.92 Å². The predicted octanol–water partition coefficient (Wildman–Crippen LogP) is 3.95. The number of anilines is 1. The number of benzene rings is 1. The average Bonchev–Trinajstić information content (AvgIpc) is 2.92. The minimum atomic E-state index is -0.201. The zero-order valence-corrected chi connectivity index (χ0v) is 16.2. The van der Waals surface area contributed by atoms with Crippen LogP contribution in [-0.4, -0.2) is 16.6 Å². The average molecular weight is 375 g/mol. The molecule has 26 heavy (non-hydrogen) atoms. The Morgan fingerprint density at radius 2 is 2.23 bits per heavy atom. The van der Waals surface area contributed by atoms with E-state index in [0.717, 1.165) is 47.0 Å². The molecule has 1 amide bonds. The molecule has 3 rings (SSSR count). The number of aryl methyl sites for hydroxylation is 1. The maximum atomic E-state index is 12.2. The summed E-state index contributed by atoms with van der Waals surface area (Å²) >= 11 is 1.11.